The van der Waals surface area contributed by atoms with Gasteiger partial charge in [-0.15, -0.1) is 0 Å². The summed E-state index contributed by atoms with van der Waals surface area (Å²) in [4.78, 5) is 10.9. The second-order valence-electron chi connectivity index (χ2n) is 7.86. The van der Waals surface area contributed by atoms with Gasteiger partial charge in [-0.25, -0.2) is 8.78 Å². The Morgan fingerprint density at radius 3 is 2.53 bits per heavy atom. The first-order valence-corrected chi connectivity index (χ1v) is 10.1. The molecule has 0 amide bonds. The summed E-state index contributed by atoms with van der Waals surface area (Å²) in [5.41, 5.74) is 2.15. The Hall–Kier alpha value is -2.67. The van der Waals surface area contributed by atoms with Crippen LogP contribution in [0.2, 0.25) is 5.02 Å². The highest BCUT2D eigenvalue weighted by molar-refractivity contribution is 6.30. The third-order valence-electron chi connectivity index (χ3n) is 5.46. The van der Waals surface area contributed by atoms with Crippen molar-refractivity contribution < 1.29 is 23.4 Å². The van der Waals surface area contributed by atoms with Crippen molar-refractivity contribution in [3.63, 3.8) is 0 Å². The number of carboxylic acids is 1. The number of aliphatic carboxylic acids is 1. The molecular weight excluding hydrogens is 414 g/mol. The molecule has 2 aliphatic rings. The van der Waals surface area contributed by atoms with Crippen molar-refractivity contribution in [2.45, 2.75) is 32.2 Å². The van der Waals surface area contributed by atoms with Gasteiger partial charge in [0, 0.05) is 17.2 Å². The number of rotatable bonds is 7. The molecule has 0 aromatic heterocycles. The second-order valence-corrected chi connectivity index (χ2v) is 8.29. The minimum atomic E-state index is -0.861. The third-order valence-corrected chi connectivity index (χ3v) is 5.71. The van der Waals surface area contributed by atoms with Crippen molar-refractivity contribution in [2.24, 2.45) is 16.9 Å². The molecule has 158 valence electrons. The molecule has 1 aliphatic carbocycles. The van der Waals surface area contributed by atoms with Crippen molar-refractivity contribution in [2.75, 3.05) is 11.6 Å². The molecule has 3 unspecified atom stereocenters. The van der Waals surface area contributed by atoms with Gasteiger partial charge in [0.2, 0.25) is 0 Å². The lowest BCUT2D eigenvalue weighted by molar-refractivity contribution is -0.138. The Labute approximate surface area is 177 Å². The molecule has 1 heterocycles. The van der Waals surface area contributed by atoms with Gasteiger partial charge in [-0.1, -0.05) is 11.6 Å². The van der Waals surface area contributed by atoms with E-state index in [1.54, 1.807) is 17.1 Å². The largest absolute Gasteiger partial charge is 0.485 e. The maximum absolute atomic E-state index is 14.5. The fourth-order valence-corrected chi connectivity index (χ4v) is 3.98. The maximum atomic E-state index is 14.5. The van der Waals surface area contributed by atoms with Gasteiger partial charge in [-0.3, -0.25) is 9.80 Å². The van der Waals surface area contributed by atoms with E-state index in [0.29, 0.717) is 29.8 Å². The number of hydrogen-bond acceptors (Lipinski definition) is 4. The molecular formula is C22H21ClF2N2O3. The molecule has 1 N–H and O–H groups in total. The van der Waals surface area contributed by atoms with E-state index in [9.17, 15) is 13.6 Å². The van der Waals surface area contributed by atoms with E-state index in [2.05, 4.69) is 5.10 Å². The van der Waals surface area contributed by atoms with E-state index in [0.717, 1.165) is 11.4 Å². The molecule has 0 spiro atoms. The van der Waals surface area contributed by atoms with Gasteiger partial charge in [-0.2, -0.15) is 5.10 Å². The Morgan fingerprint density at radius 2 is 1.93 bits per heavy atom. The lowest BCUT2D eigenvalue weighted by Crippen LogP contribution is -2.32. The zero-order valence-corrected chi connectivity index (χ0v) is 17.1. The average molecular weight is 435 g/mol. The number of hydrazone groups is 1. The number of ether oxygens (including phenoxy) is 1. The fourth-order valence-electron chi connectivity index (χ4n) is 3.85. The SMILES string of the molecule is CC1=NN(c2ccc(Cl)cc2)C(COc2c(F)cc(CC3CC3C(=O)O)cc2F)C1. The van der Waals surface area contributed by atoms with Crippen molar-refractivity contribution in [1.82, 2.24) is 0 Å². The molecule has 1 fully saturated rings. The van der Waals surface area contributed by atoms with Crippen LogP contribution in [0.4, 0.5) is 14.5 Å². The second kappa shape index (κ2) is 8.22. The lowest BCUT2D eigenvalue weighted by atomic mass is 10.1. The molecule has 1 saturated carbocycles. The van der Waals surface area contributed by atoms with Crippen LogP contribution in [0.3, 0.4) is 0 Å². The predicted octanol–water partition coefficient (Wildman–Crippen LogP) is 4.92. The molecule has 0 saturated heterocycles. The van der Waals surface area contributed by atoms with Crippen LogP contribution in [-0.2, 0) is 11.2 Å². The van der Waals surface area contributed by atoms with E-state index in [4.69, 9.17) is 21.4 Å². The van der Waals surface area contributed by atoms with Crippen molar-refractivity contribution >= 4 is 29.0 Å². The number of nitrogens with zero attached hydrogens (tertiary/aromatic N) is 2. The van der Waals surface area contributed by atoms with Gasteiger partial charge in [0.1, 0.15) is 6.61 Å². The maximum Gasteiger partial charge on any atom is 0.306 e. The summed E-state index contributed by atoms with van der Waals surface area (Å²) in [5.74, 6) is -3.35. The lowest BCUT2D eigenvalue weighted by Gasteiger charge is -2.24. The summed E-state index contributed by atoms with van der Waals surface area (Å²) in [5, 5.41) is 15.9. The number of carbonyl (C=O) groups is 1. The third kappa shape index (κ3) is 4.41. The van der Waals surface area contributed by atoms with Crippen LogP contribution in [0, 0.1) is 23.5 Å². The minimum absolute atomic E-state index is 0.0559. The van der Waals surface area contributed by atoms with E-state index in [-0.39, 0.29) is 18.6 Å². The Morgan fingerprint density at radius 1 is 1.27 bits per heavy atom. The highest BCUT2D eigenvalue weighted by Crippen LogP contribution is 2.41. The van der Waals surface area contributed by atoms with Gasteiger partial charge in [0.15, 0.2) is 17.4 Å². The van der Waals surface area contributed by atoms with Crippen LogP contribution in [0.5, 0.6) is 5.75 Å². The molecule has 30 heavy (non-hydrogen) atoms. The summed E-state index contributed by atoms with van der Waals surface area (Å²) in [6.07, 6.45) is 1.49. The van der Waals surface area contributed by atoms with E-state index < -0.39 is 29.3 Å². The molecule has 0 bridgehead atoms. The summed E-state index contributed by atoms with van der Waals surface area (Å²) in [6, 6.07) is 9.42. The van der Waals surface area contributed by atoms with Gasteiger partial charge in [0.25, 0.3) is 0 Å². The number of halogens is 3. The zero-order valence-electron chi connectivity index (χ0n) is 16.3. The first-order valence-electron chi connectivity index (χ1n) is 9.74. The number of hydrogen-bond donors (Lipinski definition) is 1. The molecule has 4 rings (SSSR count). The van der Waals surface area contributed by atoms with Crippen molar-refractivity contribution in [1.29, 1.82) is 0 Å². The molecule has 5 nitrogen and oxygen atoms in total. The Bertz CT molecular complexity index is 973. The minimum Gasteiger partial charge on any atom is -0.485 e. The highest BCUT2D eigenvalue weighted by atomic mass is 35.5. The van der Waals surface area contributed by atoms with Crippen LogP contribution in [0.1, 0.15) is 25.3 Å². The molecule has 8 heteroatoms. The van der Waals surface area contributed by atoms with Crippen molar-refractivity contribution in [3.05, 3.63) is 58.6 Å². The highest BCUT2D eigenvalue weighted by Gasteiger charge is 2.43. The first kappa shape index (κ1) is 20.6. The molecule has 2 aromatic rings. The number of anilines is 1. The van der Waals surface area contributed by atoms with Crippen LogP contribution in [0.25, 0.3) is 0 Å². The quantitative estimate of drug-likeness (QED) is 0.672. The Kier molecular flexibility index (Phi) is 5.64. The van der Waals surface area contributed by atoms with Crippen LogP contribution >= 0.6 is 11.6 Å². The normalized spacial score (nSPS) is 22.7. The summed E-state index contributed by atoms with van der Waals surface area (Å²) in [6.45, 7) is 1.95. The average Bonchev–Trinajstić information content (AvgIpc) is 3.35. The van der Waals surface area contributed by atoms with E-state index in [1.165, 1.54) is 12.1 Å². The van der Waals surface area contributed by atoms with Crippen molar-refractivity contribution in [3.8, 4) is 5.75 Å². The van der Waals surface area contributed by atoms with Crippen LogP contribution in [-0.4, -0.2) is 29.4 Å². The smallest absolute Gasteiger partial charge is 0.306 e. The van der Waals surface area contributed by atoms with Crippen LogP contribution < -0.4 is 9.75 Å². The monoisotopic (exact) mass is 434 g/mol. The van der Waals surface area contributed by atoms with E-state index >= 15 is 0 Å². The predicted molar refractivity (Wildman–Crippen MR) is 110 cm³/mol. The fraction of sp³-hybridized carbons (Fsp3) is 0.364. The van der Waals surface area contributed by atoms with Gasteiger partial charge in [-0.05, 0) is 67.6 Å². The van der Waals surface area contributed by atoms with Gasteiger partial charge < -0.3 is 9.84 Å². The van der Waals surface area contributed by atoms with Crippen LogP contribution in [0.15, 0.2) is 41.5 Å². The summed E-state index contributed by atoms with van der Waals surface area (Å²) in [7, 11) is 0. The first-order chi connectivity index (χ1) is 14.3. The molecule has 1 aliphatic heterocycles. The molecule has 2 aromatic carbocycles. The topological polar surface area (TPSA) is 62.1 Å². The number of benzene rings is 2. The van der Waals surface area contributed by atoms with Gasteiger partial charge in [0.05, 0.1) is 17.6 Å². The number of carboxylic acid groups (broad SMARTS) is 1. The van der Waals surface area contributed by atoms with Gasteiger partial charge >= 0.3 is 5.97 Å². The summed E-state index contributed by atoms with van der Waals surface area (Å²) >= 11 is 5.94. The van der Waals surface area contributed by atoms with E-state index in [1.807, 2.05) is 19.1 Å². The Balaban J connectivity index is 1.43. The standard InChI is InChI=1S/C22H21ClF2N2O3/c1-12-6-17(27(26-12)16-4-2-15(23)3-5-16)11-30-21-19(24)8-13(9-20(21)25)7-14-10-18(14)22(28)29/h2-5,8-9,14,17-18H,6-7,10-11H2,1H3,(H,28,29). The molecule has 0 radical (unpaired) electrons. The molecule has 3 atom stereocenters. The zero-order chi connectivity index (χ0) is 21.4. The summed E-state index contributed by atoms with van der Waals surface area (Å²) < 4.78 is 34.6.